The predicted octanol–water partition coefficient (Wildman–Crippen LogP) is 4.80. The molecular formula is C22H22ClN5O2S. The van der Waals surface area contributed by atoms with E-state index in [4.69, 9.17) is 11.6 Å². The molecule has 2 aromatic carbocycles. The molecule has 160 valence electrons. The first-order valence-corrected chi connectivity index (χ1v) is 11.3. The molecular weight excluding hydrogens is 434 g/mol. The van der Waals surface area contributed by atoms with Gasteiger partial charge in [-0.1, -0.05) is 35.5 Å². The molecule has 1 aromatic heterocycles. The number of aryl methyl sites for hydroxylation is 1. The van der Waals surface area contributed by atoms with E-state index in [2.05, 4.69) is 20.8 Å². The molecule has 9 heteroatoms. The van der Waals surface area contributed by atoms with Crippen LogP contribution in [0.4, 0.5) is 11.4 Å². The zero-order chi connectivity index (χ0) is 22.0. The highest BCUT2D eigenvalue weighted by molar-refractivity contribution is 7.99. The van der Waals surface area contributed by atoms with Crippen LogP contribution >= 0.6 is 23.4 Å². The van der Waals surface area contributed by atoms with Gasteiger partial charge < -0.3 is 10.6 Å². The Balaban J connectivity index is 1.52. The van der Waals surface area contributed by atoms with Crippen molar-refractivity contribution in [1.82, 2.24) is 14.8 Å². The Morgan fingerprint density at radius 3 is 2.61 bits per heavy atom. The van der Waals surface area contributed by atoms with Crippen LogP contribution in [0.25, 0.3) is 5.69 Å². The number of hydrogen-bond donors (Lipinski definition) is 2. The van der Waals surface area contributed by atoms with Crippen molar-refractivity contribution in [3.05, 3.63) is 58.9 Å². The van der Waals surface area contributed by atoms with Crippen LogP contribution in [0.1, 0.15) is 37.1 Å². The molecule has 0 atom stereocenters. The number of amides is 2. The molecule has 1 saturated carbocycles. The summed E-state index contributed by atoms with van der Waals surface area (Å²) in [5.41, 5.74) is 3.16. The topological polar surface area (TPSA) is 88.9 Å². The Labute approximate surface area is 189 Å². The van der Waals surface area contributed by atoms with Crippen LogP contribution in [0, 0.1) is 6.92 Å². The molecule has 7 nitrogen and oxygen atoms in total. The number of rotatable bonds is 7. The van der Waals surface area contributed by atoms with E-state index < -0.39 is 0 Å². The quantitative estimate of drug-likeness (QED) is 0.500. The average Bonchev–Trinajstić information content (AvgIpc) is 3.48. The number of thioether (sulfide) groups is 1. The molecule has 3 aromatic rings. The fourth-order valence-corrected chi connectivity index (χ4v) is 4.09. The molecule has 4 rings (SSSR count). The zero-order valence-electron chi connectivity index (χ0n) is 17.2. The van der Waals surface area contributed by atoms with E-state index in [1.807, 2.05) is 47.9 Å². The second kappa shape index (κ2) is 9.11. The largest absolute Gasteiger partial charge is 0.326 e. The van der Waals surface area contributed by atoms with Crippen molar-refractivity contribution in [1.29, 1.82) is 0 Å². The summed E-state index contributed by atoms with van der Waals surface area (Å²) in [7, 11) is 0. The van der Waals surface area contributed by atoms with Gasteiger partial charge in [-0.05, 0) is 55.7 Å². The summed E-state index contributed by atoms with van der Waals surface area (Å²) in [5.74, 6) is 1.15. The van der Waals surface area contributed by atoms with Crippen LogP contribution < -0.4 is 10.6 Å². The van der Waals surface area contributed by atoms with Crippen molar-refractivity contribution in [2.24, 2.45) is 0 Å². The van der Waals surface area contributed by atoms with Gasteiger partial charge in [-0.25, -0.2) is 0 Å². The summed E-state index contributed by atoms with van der Waals surface area (Å²) >= 11 is 7.46. The molecule has 1 aliphatic carbocycles. The third-order valence-corrected chi connectivity index (χ3v) is 6.15. The van der Waals surface area contributed by atoms with Crippen molar-refractivity contribution < 1.29 is 9.59 Å². The number of nitrogens with zero attached hydrogens (tertiary/aromatic N) is 3. The summed E-state index contributed by atoms with van der Waals surface area (Å²) < 4.78 is 1.98. The van der Waals surface area contributed by atoms with Gasteiger partial charge in [0.1, 0.15) is 5.82 Å². The molecule has 1 heterocycles. The zero-order valence-corrected chi connectivity index (χ0v) is 18.8. The maximum Gasteiger partial charge on any atom is 0.234 e. The van der Waals surface area contributed by atoms with E-state index in [1.165, 1.54) is 18.7 Å². The summed E-state index contributed by atoms with van der Waals surface area (Å²) in [6.45, 7) is 3.39. The Morgan fingerprint density at radius 2 is 1.90 bits per heavy atom. The fourth-order valence-electron chi connectivity index (χ4n) is 3.15. The highest BCUT2D eigenvalue weighted by atomic mass is 35.5. The second-order valence-corrected chi connectivity index (χ2v) is 8.83. The first-order valence-electron chi connectivity index (χ1n) is 9.93. The van der Waals surface area contributed by atoms with Crippen molar-refractivity contribution >= 4 is 46.6 Å². The average molecular weight is 456 g/mol. The maximum absolute atomic E-state index is 12.5. The normalized spacial score (nSPS) is 13.1. The lowest BCUT2D eigenvalue weighted by molar-refractivity contribution is -0.114. The lowest BCUT2D eigenvalue weighted by Gasteiger charge is -2.12. The summed E-state index contributed by atoms with van der Waals surface area (Å²) in [4.78, 5) is 23.9. The van der Waals surface area contributed by atoms with E-state index in [0.29, 0.717) is 27.5 Å². The fraction of sp³-hybridized carbons (Fsp3) is 0.273. The molecule has 31 heavy (non-hydrogen) atoms. The smallest absolute Gasteiger partial charge is 0.234 e. The van der Waals surface area contributed by atoms with Crippen molar-refractivity contribution in [2.75, 3.05) is 16.4 Å². The maximum atomic E-state index is 12.5. The lowest BCUT2D eigenvalue weighted by Crippen LogP contribution is -2.14. The number of aromatic nitrogens is 3. The van der Waals surface area contributed by atoms with Crippen molar-refractivity contribution in [3.63, 3.8) is 0 Å². The van der Waals surface area contributed by atoms with Gasteiger partial charge in [-0.2, -0.15) is 0 Å². The molecule has 2 amide bonds. The van der Waals surface area contributed by atoms with Crippen LogP contribution in [0.5, 0.6) is 0 Å². The summed E-state index contributed by atoms with van der Waals surface area (Å²) in [6.07, 6.45) is 2.14. The standard InChI is InChI=1S/C22H22ClN5O2S/c1-13-6-9-17(11-19(13)23)25-20(30)12-31-22-27-26-21(15-7-8-15)28(22)18-5-3-4-16(10-18)24-14(2)29/h3-6,9-11,15H,7-8,12H2,1-2H3,(H,24,29)(H,25,30). The molecule has 1 aliphatic rings. The van der Waals surface area contributed by atoms with Gasteiger partial charge in [-0.15, -0.1) is 10.2 Å². The number of hydrogen-bond acceptors (Lipinski definition) is 5. The number of carbonyl (C=O) groups is 2. The van der Waals surface area contributed by atoms with Gasteiger partial charge in [-0.3, -0.25) is 14.2 Å². The molecule has 0 aliphatic heterocycles. The van der Waals surface area contributed by atoms with Gasteiger partial charge in [0.25, 0.3) is 0 Å². The Morgan fingerprint density at radius 1 is 1.13 bits per heavy atom. The first-order chi connectivity index (χ1) is 14.9. The van der Waals surface area contributed by atoms with Crippen LogP contribution in [0.2, 0.25) is 5.02 Å². The Kier molecular flexibility index (Phi) is 6.29. The molecule has 0 bridgehead atoms. The van der Waals surface area contributed by atoms with Gasteiger partial charge in [0, 0.05) is 29.2 Å². The van der Waals surface area contributed by atoms with E-state index in [-0.39, 0.29) is 17.6 Å². The highest BCUT2D eigenvalue weighted by Gasteiger charge is 2.31. The summed E-state index contributed by atoms with van der Waals surface area (Å²) in [5, 5.41) is 15.6. The van der Waals surface area contributed by atoms with Crippen LogP contribution in [-0.2, 0) is 9.59 Å². The molecule has 2 N–H and O–H groups in total. The predicted molar refractivity (Wildman–Crippen MR) is 123 cm³/mol. The van der Waals surface area contributed by atoms with Crippen molar-refractivity contribution in [2.45, 2.75) is 37.8 Å². The Hall–Kier alpha value is -2.84. The molecule has 0 spiro atoms. The number of halogens is 1. The van der Waals surface area contributed by atoms with E-state index in [0.717, 1.165) is 29.9 Å². The van der Waals surface area contributed by atoms with E-state index in [1.54, 1.807) is 6.07 Å². The van der Waals surface area contributed by atoms with Gasteiger partial charge in [0.05, 0.1) is 11.4 Å². The lowest BCUT2D eigenvalue weighted by atomic mass is 10.2. The molecule has 0 radical (unpaired) electrons. The molecule has 0 unspecified atom stereocenters. The third kappa shape index (κ3) is 5.26. The second-order valence-electron chi connectivity index (χ2n) is 7.48. The number of anilines is 2. The van der Waals surface area contributed by atoms with Crippen molar-refractivity contribution in [3.8, 4) is 5.69 Å². The van der Waals surface area contributed by atoms with Gasteiger partial charge in [0.2, 0.25) is 11.8 Å². The highest BCUT2D eigenvalue weighted by Crippen LogP contribution is 2.41. The molecule has 0 saturated heterocycles. The minimum absolute atomic E-state index is 0.134. The number of carbonyl (C=O) groups excluding carboxylic acids is 2. The first kappa shape index (κ1) is 21.4. The van der Waals surface area contributed by atoms with E-state index in [9.17, 15) is 9.59 Å². The number of benzene rings is 2. The monoisotopic (exact) mass is 455 g/mol. The number of nitrogens with one attached hydrogen (secondary N) is 2. The SMILES string of the molecule is CC(=O)Nc1cccc(-n2c(SCC(=O)Nc3ccc(C)c(Cl)c3)nnc2C2CC2)c1. The summed E-state index contributed by atoms with van der Waals surface area (Å²) in [6, 6.07) is 13.0. The third-order valence-electron chi connectivity index (χ3n) is 4.81. The minimum atomic E-state index is -0.153. The van der Waals surface area contributed by atoms with Crippen LogP contribution in [0.15, 0.2) is 47.6 Å². The van der Waals surface area contributed by atoms with Gasteiger partial charge >= 0.3 is 0 Å². The Bertz CT molecular complexity index is 1140. The van der Waals surface area contributed by atoms with Gasteiger partial charge in [0.15, 0.2) is 5.16 Å². The molecule has 1 fully saturated rings. The minimum Gasteiger partial charge on any atom is -0.326 e. The van der Waals surface area contributed by atoms with Crippen LogP contribution in [-0.4, -0.2) is 32.3 Å². The van der Waals surface area contributed by atoms with E-state index >= 15 is 0 Å². The van der Waals surface area contributed by atoms with Crippen LogP contribution in [0.3, 0.4) is 0 Å².